The molecule has 2 N–H and O–H groups in total. The topological polar surface area (TPSA) is 52.0 Å². The number of nitrogens with two attached hydrogens (primary N) is 1. The second-order valence-corrected chi connectivity index (χ2v) is 5.26. The normalized spacial score (nSPS) is 10.8. The first kappa shape index (κ1) is 13.8. The molecule has 0 saturated carbocycles. The summed E-state index contributed by atoms with van der Waals surface area (Å²) in [6, 6.07) is 10.3. The molecule has 0 fully saturated rings. The SMILES string of the molecule is Nc1noc(-c2ccc(F)c(Br)c2)c1-c1ccc(F)cc1. The molecule has 0 aliphatic heterocycles. The predicted octanol–water partition coefficient (Wildman–Crippen LogP) is 4.63. The Kier molecular flexibility index (Phi) is 3.47. The Bertz CT molecular complexity index is 800. The van der Waals surface area contributed by atoms with Crippen molar-refractivity contribution in [3.8, 4) is 22.5 Å². The van der Waals surface area contributed by atoms with Crippen LogP contribution >= 0.6 is 15.9 Å². The molecule has 0 amide bonds. The molecule has 6 heteroatoms. The van der Waals surface area contributed by atoms with E-state index in [1.807, 2.05) is 0 Å². The molecule has 0 bridgehead atoms. The minimum Gasteiger partial charge on any atom is -0.380 e. The van der Waals surface area contributed by atoms with Crippen LogP contribution in [0.1, 0.15) is 0 Å². The van der Waals surface area contributed by atoms with Crippen LogP contribution in [-0.4, -0.2) is 5.16 Å². The smallest absolute Gasteiger partial charge is 0.176 e. The number of nitrogens with zero attached hydrogens (tertiary/aromatic N) is 1. The Hall–Kier alpha value is -2.21. The molecule has 3 rings (SSSR count). The number of nitrogen functional groups attached to an aromatic ring is 1. The molecule has 0 atom stereocenters. The van der Waals surface area contributed by atoms with Gasteiger partial charge in [0.25, 0.3) is 0 Å². The summed E-state index contributed by atoms with van der Waals surface area (Å²) in [5.41, 5.74) is 7.67. The molecule has 0 saturated heterocycles. The molecule has 0 spiro atoms. The van der Waals surface area contributed by atoms with Crippen molar-refractivity contribution in [3.63, 3.8) is 0 Å². The van der Waals surface area contributed by atoms with Crippen LogP contribution in [0.4, 0.5) is 14.6 Å². The van der Waals surface area contributed by atoms with Crippen LogP contribution in [0.3, 0.4) is 0 Å². The van der Waals surface area contributed by atoms with Gasteiger partial charge in [-0.25, -0.2) is 8.78 Å². The quantitative estimate of drug-likeness (QED) is 0.732. The van der Waals surface area contributed by atoms with Gasteiger partial charge in [-0.1, -0.05) is 17.3 Å². The van der Waals surface area contributed by atoms with Gasteiger partial charge in [-0.05, 0) is 51.8 Å². The largest absolute Gasteiger partial charge is 0.380 e. The van der Waals surface area contributed by atoms with Crippen molar-refractivity contribution in [1.29, 1.82) is 0 Å². The van der Waals surface area contributed by atoms with Gasteiger partial charge in [0.05, 0.1) is 10.0 Å². The number of hydrogen-bond acceptors (Lipinski definition) is 3. The van der Waals surface area contributed by atoms with Crippen molar-refractivity contribution in [2.75, 3.05) is 5.73 Å². The van der Waals surface area contributed by atoms with Crippen LogP contribution in [0.25, 0.3) is 22.5 Å². The average Bonchev–Trinajstić information content (AvgIpc) is 2.85. The number of anilines is 1. The highest BCUT2D eigenvalue weighted by Gasteiger charge is 2.18. The van der Waals surface area contributed by atoms with Gasteiger partial charge in [-0.3, -0.25) is 0 Å². The number of rotatable bonds is 2. The molecule has 1 heterocycles. The summed E-state index contributed by atoms with van der Waals surface area (Å²) in [7, 11) is 0. The minimum atomic E-state index is -0.380. The number of halogens is 3. The highest BCUT2D eigenvalue weighted by Crippen LogP contribution is 2.37. The summed E-state index contributed by atoms with van der Waals surface area (Å²) in [5.74, 6) is -0.133. The van der Waals surface area contributed by atoms with E-state index < -0.39 is 0 Å². The molecule has 3 nitrogen and oxygen atoms in total. The van der Waals surface area contributed by atoms with Crippen LogP contribution in [-0.2, 0) is 0 Å². The second kappa shape index (κ2) is 5.29. The Balaban J connectivity index is 2.16. The Morgan fingerprint density at radius 2 is 1.67 bits per heavy atom. The molecule has 21 heavy (non-hydrogen) atoms. The van der Waals surface area contributed by atoms with Gasteiger partial charge in [-0.15, -0.1) is 0 Å². The van der Waals surface area contributed by atoms with Crippen molar-refractivity contribution in [2.45, 2.75) is 0 Å². The third-order valence-electron chi connectivity index (χ3n) is 3.03. The van der Waals surface area contributed by atoms with Gasteiger partial charge < -0.3 is 10.3 Å². The first-order valence-corrected chi connectivity index (χ1v) is 6.82. The zero-order valence-electron chi connectivity index (χ0n) is 10.6. The zero-order chi connectivity index (χ0) is 15.0. The van der Waals surface area contributed by atoms with E-state index in [2.05, 4.69) is 21.1 Å². The fourth-order valence-corrected chi connectivity index (χ4v) is 2.41. The third-order valence-corrected chi connectivity index (χ3v) is 3.64. The highest BCUT2D eigenvalue weighted by atomic mass is 79.9. The summed E-state index contributed by atoms with van der Waals surface area (Å²) in [6.07, 6.45) is 0. The molecule has 1 aromatic heterocycles. The maximum absolute atomic E-state index is 13.3. The van der Waals surface area contributed by atoms with Gasteiger partial charge in [0.15, 0.2) is 11.6 Å². The lowest BCUT2D eigenvalue weighted by Crippen LogP contribution is -1.89. The van der Waals surface area contributed by atoms with E-state index in [4.69, 9.17) is 10.3 Å². The van der Waals surface area contributed by atoms with Crippen LogP contribution in [0, 0.1) is 11.6 Å². The summed E-state index contributed by atoms with van der Waals surface area (Å²) in [6.45, 7) is 0. The molecule has 0 unspecified atom stereocenters. The fourth-order valence-electron chi connectivity index (χ4n) is 2.03. The standard InChI is InChI=1S/C15H9BrF2N2O/c16-11-7-9(3-6-12(11)18)14-13(15(19)20-21-14)8-1-4-10(17)5-2-8/h1-7H,(H2,19,20). The van der Waals surface area contributed by atoms with Crippen LogP contribution in [0.5, 0.6) is 0 Å². The first-order valence-electron chi connectivity index (χ1n) is 6.03. The lowest BCUT2D eigenvalue weighted by Gasteiger charge is -2.04. The molecule has 3 aromatic rings. The maximum atomic E-state index is 13.3. The van der Waals surface area contributed by atoms with E-state index >= 15 is 0 Å². The highest BCUT2D eigenvalue weighted by molar-refractivity contribution is 9.10. The Morgan fingerprint density at radius 1 is 1.00 bits per heavy atom. The summed E-state index contributed by atoms with van der Waals surface area (Å²) < 4.78 is 31.9. The fraction of sp³-hybridized carbons (Fsp3) is 0. The molecule has 0 aliphatic rings. The summed E-state index contributed by atoms with van der Waals surface area (Å²) in [4.78, 5) is 0. The van der Waals surface area contributed by atoms with Crippen LogP contribution in [0.2, 0.25) is 0 Å². The third kappa shape index (κ3) is 2.54. The van der Waals surface area contributed by atoms with Crippen molar-refractivity contribution < 1.29 is 13.3 Å². The maximum Gasteiger partial charge on any atom is 0.176 e. The summed E-state index contributed by atoms with van der Waals surface area (Å²) in [5, 5.41) is 3.74. The van der Waals surface area contributed by atoms with Crippen molar-refractivity contribution >= 4 is 21.7 Å². The van der Waals surface area contributed by atoms with Gasteiger partial charge >= 0.3 is 0 Å². The van der Waals surface area contributed by atoms with E-state index in [1.165, 1.54) is 18.2 Å². The molecule has 2 aromatic carbocycles. The second-order valence-electron chi connectivity index (χ2n) is 4.41. The Labute approximate surface area is 127 Å². The lowest BCUT2D eigenvalue weighted by molar-refractivity contribution is 0.436. The molecular weight excluding hydrogens is 342 g/mol. The summed E-state index contributed by atoms with van der Waals surface area (Å²) >= 11 is 3.12. The molecular formula is C15H9BrF2N2O. The average molecular weight is 351 g/mol. The number of hydrogen-bond donors (Lipinski definition) is 1. The van der Waals surface area contributed by atoms with E-state index in [-0.39, 0.29) is 17.5 Å². The predicted molar refractivity (Wildman–Crippen MR) is 79.4 cm³/mol. The van der Waals surface area contributed by atoms with Gasteiger partial charge in [0.2, 0.25) is 0 Å². The first-order chi connectivity index (χ1) is 10.1. The number of benzene rings is 2. The monoisotopic (exact) mass is 350 g/mol. The van der Waals surface area contributed by atoms with Gasteiger partial charge in [0.1, 0.15) is 11.6 Å². The van der Waals surface area contributed by atoms with Crippen molar-refractivity contribution in [3.05, 3.63) is 58.6 Å². The van der Waals surface area contributed by atoms with Crippen LogP contribution in [0.15, 0.2) is 51.5 Å². The van der Waals surface area contributed by atoms with Crippen molar-refractivity contribution in [1.82, 2.24) is 5.16 Å². The van der Waals surface area contributed by atoms with Gasteiger partial charge in [0, 0.05) is 5.56 Å². The zero-order valence-corrected chi connectivity index (χ0v) is 12.2. The molecule has 106 valence electrons. The van der Waals surface area contributed by atoms with E-state index in [0.717, 1.165) is 0 Å². The minimum absolute atomic E-state index is 0.192. The van der Waals surface area contributed by atoms with E-state index in [9.17, 15) is 8.78 Å². The van der Waals surface area contributed by atoms with E-state index in [1.54, 1.807) is 24.3 Å². The van der Waals surface area contributed by atoms with E-state index in [0.29, 0.717) is 26.9 Å². The van der Waals surface area contributed by atoms with Crippen molar-refractivity contribution in [2.24, 2.45) is 0 Å². The number of aromatic nitrogens is 1. The molecule has 0 aliphatic carbocycles. The van der Waals surface area contributed by atoms with Gasteiger partial charge in [-0.2, -0.15) is 0 Å². The molecule has 0 radical (unpaired) electrons. The van der Waals surface area contributed by atoms with Crippen LogP contribution < -0.4 is 5.73 Å². The lowest BCUT2D eigenvalue weighted by atomic mass is 10.0. The Morgan fingerprint density at radius 3 is 2.33 bits per heavy atom.